The maximum Gasteiger partial charge on any atom is 0.276 e. The van der Waals surface area contributed by atoms with E-state index >= 15 is 0 Å². The normalized spacial score (nSPS) is 18.2. The van der Waals surface area contributed by atoms with Crippen molar-refractivity contribution < 1.29 is 9.53 Å². The van der Waals surface area contributed by atoms with E-state index in [9.17, 15) is 9.59 Å². The molecule has 0 atom stereocenters. The molecule has 3 aromatic rings. The van der Waals surface area contributed by atoms with Gasteiger partial charge in [-0.3, -0.25) is 14.7 Å². The summed E-state index contributed by atoms with van der Waals surface area (Å²) in [5.41, 5.74) is 2.52. The van der Waals surface area contributed by atoms with E-state index in [1.165, 1.54) is 4.52 Å². The molecule has 1 aliphatic heterocycles. The molecule has 0 spiro atoms. The first kappa shape index (κ1) is 18.9. The average Bonchev–Trinajstić information content (AvgIpc) is 3.28. The number of carbonyl (C=O) groups excluding carboxylic acids is 1. The third kappa shape index (κ3) is 2.91. The van der Waals surface area contributed by atoms with Gasteiger partial charge >= 0.3 is 0 Å². The lowest BCUT2D eigenvalue weighted by Gasteiger charge is -2.41. The number of aromatic nitrogens is 3. The number of nitrogens with one attached hydrogen (secondary N) is 1. The monoisotopic (exact) mass is 406 g/mol. The van der Waals surface area contributed by atoms with Gasteiger partial charge in [0.25, 0.3) is 5.56 Å². The number of benzene rings is 1. The molecule has 1 aliphatic carbocycles. The molecule has 2 aliphatic rings. The predicted octanol–water partition coefficient (Wildman–Crippen LogP) is 2.82. The molecule has 0 saturated heterocycles. The van der Waals surface area contributed by atoms with Crippen molar-refractivity contribution in [2.24, 2.45) is 0 Å². The first-order valence-electron chi connectivity index (χ1n) is 10.6. The summed E-state index contributed by atoms with van der Waals surface area (Å²) in [6.45, 7) is 0.941. The highest BCUT2D eigenvalue weighted by atomic mass is 16.5. The molecule has 1 saturated carbocycles. The Morgan fingerprint density at radius 2 is 1.90 bits per heavy atom. The largest absolute Gasteiger partial charge is 0.497 e. The van der Waals surface area contributed by atoms with Crippen molar-refractivity contribution in [3.63, 3.8) is 0 Å². The fraction of sp³-hybridized carbons (Fsp3) is 0.435. The summed E-state index contributed by atoms with van der Waals surface area (Å²) in [5, 5.41) is 2.91. The van der Waals surface area contributed by atoms with E-state index in [4.69, 9.17) is 4.74 Å². The number of H-pyrrole nitrogens is 1. The minimum Gasteiger partial charge on any atom is -0.497 e. The summed E-state index contributed by atoms with van der Waals surface area (Å²) in [6.07, 6.45) is 7.21. The first-order valence-corrected chi connectivity index (χ1v) is 10.6. The molecular formula is C23H26N4O3. The van der Waals surface area contributed by atoms with Crippen LogP contribution in [0.5, 0.6) is 5.75 Å². The van der Waals surface area contributed by atoms with Gasteiger partial charge in [-0.2, -0.15) is 0 Å². The molecule has 0 unspecified atom stereocenters. The Balaban J connectivity index is 1.50. The second-order valence-electron chi connectivity index (χ2n) is 8.35. The number of nitrogens with zero attached hydrogens (tertiary/aromatic N) is 3. The molecule has 0 bridgehead atoms. The van der Waals surface area contributed by atoms with Gasteiger partial charge in [0.05, 0.1) is 24.8 Å². The van der Waals surface area contributed by atoms with Crippen molar-refractivity contribution in [3.8, 4) is 5.75 Å². The molecule has 0 radical (unpaired) electrons. The van der Waals surface area contributed by atoms with E-state index < -0.39 is 5.41 Å². The highest BCUT2D eigenvalue weighted by Crippen LogP contribution is 2.42. The third-order valence-electron chi connectivity index (χ3n) is 6.74. The molecule has 1 aromatic carbocycles. The van der Waals surface area contributed by atoms with Gasteiger partial charge in [-0.15, -0.1) is 0 Å². The summed E-state index contributed by atoms with van der Waals surface area (Å²) in [5.74, 6) is 0.957. The van der Waals surface area contributed by atoms with Gasteiger partial charge in [-0.05, 0) is 37.0 Å². The minimum atomic E-state index is -0.505. The van der Waals surface area contributed by atoms with E-state index in [2.05, 4.69) is 10.1 Å². The topological polar surface area (TPSA) is 79.7 Å². The van der Waals surface area contributed by atoms with Crippen LogP contribution in [0, 0.1) is 0 Å². The van der Waals surface area contributed by atoms with Gasteiger partial charge in [0.2, 0.25) is 5.91 Å². The van der Waals surface area contributed by atoms with Gasteiger partial charge < -0.3 is 9.64 Å². The predicted molar refractivity (Wildman–Crippen MR) is 113 cm³/mol. The van der Waals surface area contributed by atoms with Crippen LogP contribution in [0.25, 0.3) is 5.65 Å². The Hall–Kier alpha value is -3.09. The zero-order valence-corrected chi connectivity index (χ0v) is 17.2. The number of carbonyl (C=O) groups is 1. The molecule has 1 N–H and O–H groups in total. The molecule has 3 heterocycles. The van der Waals surface area contributed by atoms with E-state index in [0.29, 0.717) is 30.7 Å². The van der Waals surface area contributed by atoms with Crippen molar-refractivity contribution in [3.05, 3.63) is 63.7 Å². The number of fused-ring (bicyclic) bond motifs is 2. The van der Waals surface area contributed by atoms with E-state index in [1.807, 2.05) is 29.2 Å². The Morgan fingerprint density at radius 3 is 2.63 bits per heavy atom. The summed E-state index contributed by atoms with van der Waals surface area (Å²) in [4.78, 5) is 33.2. The Morgan fingerprint density at radius 1 is 1.13 bits per heavy atom. The minimum absolute atomic E-state index is 0.0605. The fourth-order valence-electron chi connectivity index (χ4n) is 5.10. The number of ether oxygens (including phenoxy) is 1. The summed E-state index contributed by atoms with van der Waals surface area (Å²) in [6, 6.07) is 9.73. The number of aromatic amines is 1. The van der Waals surface area contributed by atoms with Crippen molar-refractivity contribution in [2.45, 2.75) is 50.5 Å². The van der Waals surface area contributed by atoms with E-state index in [0.717, 1.165) is 49.1 Å². The molecular weight excluding hydrogens is 380 g/mol. The van der Waals surface area contributed by atoms with Gasteiger partial charge in [-0.25, -0.2) is 9.50 Å². The van der Waals surface area contributed by atoms with Crippen LogP contribution in [-0.4, -0.2) is 39.1 Å². The van der Waals surface area contributed by atoms with Crippen LogP contribution in [0.15, 0.2) is 41.3 Å². The lowest BCUT2D eigenvalue weighted by atomic mass is 9.68. The second-order valence-corrected chi connectivity index (χ2v) is 8.35. The number of rotatable bonds is 3. The molecule has 2 aromatic heterocycles. The van der Waals surface area contributed by atoms with Crippen LogP contribution in [-0.2, 0) is 23.2 Å². The van der Waals surface area contributed by atoms with E-state index in [-0.39, 0.29) is 11.5 Å². The lowest BCUT2D eigenvalue weighted by Crippen LogP contribution is -2.50. The van der Waals surface area contributed by atoms with Crippen LogP contribution >= 0.6 is 0 Å². The smallest absolute Gasteiger partial charge is 0.276 e. The Kier molecular flexibility index (Phi) is 4.60. The molecule has 5 rings (SSSR count). The van der Waals surface area contributed by atoms with Gasteiger partial charge in [0, 0.05) is 24.4 Å². The van der Waals surface area contributed by atoms with Crippen LogP contribution in [0.3, 0.4) is 0 Å². The van der Waals surface area contributed by atoms with Gasteiger partial charge in [-0.1, -0.05) is 31.4 Å². The van der Waals surface area contributed by atoms with E-state index in [1.54, 1.807) is 19.4 Å². The number of amides is 1. The Labute approximate surface area is 174 Å². The standard InChI is InChI=1S/C23H26N4O3/c1-30-17-7-5-16(6-8-17)23(11-3-2-4-12-23)22(29)26-14-10-18-19(15-26)25-20-9-13-24-27(20)21(18)28/h5-9,13,24H,2-4,10-12,14-15H2,1H3. The third-order valence-corrected chi connectivity index (χ3v) is 6.74. The molecule has 30 heavy (non-hydrogen) atoms. The SMILES string of the molecule is COc1ccc(C2(C(=O)N3CCc4c(nc5cc[nH]n5c4=O)C3)CCCCC2)cc1. The quantitative estimate of drug-likeness (QED) is 0.725. The van der Waals surface area contributed by atoms with Crippen molar-refractivity contribution >= 4 is 11.6 Å². The number of methoxy groups -OCH3 is 1. The zero-order valence-electron chi connectivity index (χ0n) is 17.2. The molecule has 7 heteroatoms. The molecule has 1 amide bonds. The maximum absolute atomic E-state index is 13.9. The van der Waals surface area contributed by atoms with Crippen LogP contribution < -0.4 is 10.3 Å². The number of hydrogen-bond acceptors (Lipinski definition) is 4. The average molecular weight is 406 g/mol. The highest BCUT2D eigenvalue weighted by molar-refractivity contribution is 5.88. The highest BCUT2D eigenvalue weighted by Gasteiger charge is 2.44. The van der Waals surface area contributed by atoms with Crippen molar-refractivity contribution in [1.29, 1.82) is 0 Å². The summed E-state index contributed by atoms with van der Waals surface area (Å²) < 4.78 is 6.78. The summed E-state index contributed by atoms with van der Waals surface area (Å²) >= 11 is 0. The Bertz CT molecular complexity index is 1140. The van der Waals surface area contributed by atoms with Crippen molar-refractivity contribution in [1.82, 2.24) is 19.5 Å². The van der Waals surface area contributed by atoms with Crippen LogP contribution in [0.2, 0.25) is 0 Å². The maximum atomic E-state index is 13.9. The van der Waals surface area contributed by atoms with Crippen molar-refractivity contribution in [2.75, 3.05) is 13.7 Å². The fourth-order valence-corrected chi connectivity index (χ4v) is 5.10. The van der Waals surface area contributed by atoms with Crippen LogP contribution in [0.1, 0.15) is 48.9 Å². The molecule has 1 fully saturated rings. The number of hydrogen-bond donors (Lipinski definition) is 1. The van der Waals surface area contributed by atoms with Crippen LogP contribution in [0.4, 0.5) is 0 Å². The first-order chi connectivity index (χ1) is 14.6. The van der Waals surface area contributed by atoms with Gasteiger partial charge in [0.1, 0.15) is 5.75 Å². The molecule has 156 valence electrons. The lowest BCUT2D eigenvalue weighted by molar-refractivity contribution is -0.140. The molecule has 7 nitrogen and oxygen atoms in total. The second kappa shape index (κ2) is 7.31. The van der Waals surface area contributed by atoms with Gasteiger partial charge in [0.15, 0.2) is 5.65 Å². The zero-order chi connectivity index (χ0) is 20.7. The summed E-state index contributed by atoms with van der Waals surface area (Å²) in [7, 11) is 1.65.